The standard InChI is InChI=1S/C20H23ClN2O6/c1-10-22-18-15(21)5-11(6-16(18)28-10)19(26)13-8-14(13)20(27)29-12(7-17(24)25)9-23(2,3)4/h5-6,12-14H,7-9H2,1-4H3/t12?,13-,14-/m0/s1. The van der Waals surface area contributed by atoms with Crippen LogP contribution >= 0.6 is 11.6 Å². The molecule has 0 N–H and O–H groups in total. The number of oxazole rings is 1. The van der Waals surface area contributed by atoms with Crippen LogP contribution in [0.5, 0.6) is 0 Å². The van der Waals surface area contributed by atoms with E-state index in [0.717, 1.165) is 0 Å². The van der Waals surface area contributed by atoms with Gasteiger partial charge in [-0.15, -0.1) is 0 Å². The molecule has 1 unspecified atom stereocenters. The maximum Gasteiger partial charge on any atom is 0.310 e. The summed E-state index contributed by atoms with van der Waals surface area (Å²) >= 11 is 6.19. The van der Waals surface area contributed by atoms with Crippen LogP contribution in [-0.4, -0.2) is 61.0 Å². The fraction of sp³-hybridized carbons (Fsp3) is 0.500. The van der Waals surface area contributed by atoms with Gasteiger partial charge in [-0.25, -0.2) is 4.98 Å². The summed E-state index contributed by atoms with van der Waals surface area (Å²) in [5, 5.41) is 11.3. The van der Waals surface area contributed by atoms with Gasteiger partial charge in [-0.3, -0.25) is 9.59 Å². The van der Waals surface area contributed by atoms with Gasteiger partial charge in [-0.2, -0.15) is 0 Å². The molecule has 0 bridgehead atoms. The van der Waals surface area contributed by atoms with E-state index in [4.69, 9.17) is 20.8 Å². The lowest BCUT2D eigenvalue weighted by molar-refractivity contribution is -0.873. The molecule has 1 saturated carbocycles. The van der Waals surface area contributed by atoms with Crippen LogP contribution in [0.4, 0.5) is 0 Å². The minimum Gasteiger partial charge on any atom is -0.550 e. The van der Waals surface area contributed by atoms with Crippen molar-refractivity contribution < 1.29 is 33.1 Å². The molecule has 0 spiro atoms. The van der Waals surface area contributed by atoms with Crippen LogP contribution in [0, 0.1) is 18.8 Å². The smallest absolute Gasteiger partial charge is 0.310 e. The van der Waals surface area contributed by atoms with Gasteiger partial charge < -0.3 is 23.5 Å². The summed E-state index contributed by atoms with van der Waals surface area (Å²) < 4.78 is 11.3. The van der Waals surface area contributed by atoms with E-state index in [1.165, 1.54) is 6.07 Å². The first-order valence-corrected chi connectivity index (χ1v) is 9.64. The van der Waals surface area contributed by atoms with Gasteiger partial charge in [-0.1, -0.05) is 11.6 Å². The fourth-order valence-corrected chi connectivity index (χ4v) is 3.65. The maximum atomic E-state index is 12.8. The third-order valence-electron chi connectivity index (χ3n) is 4.70. The number of Topliss-reactive ketones (excluding diaryl/α,β-unsaturated/α-hetero) is 1. The van der Waals surface area contributed by atoms with Crippen LogP contribution in [0.15, 0.2) is 16.5 Å². The summed E-state index contributed by atoms with van der Waals surface area (Å²) in [5.41, 5.74) is 1.24. The first-order chi connectivity index (χ1) is 13.4. The molecule has 9 heteroatoms. The Morgan fingerprint density at radius 2 is 2.00 bits per heavy atom. The van der Waals surface area contributed by atoms with Gasteiger partial charge >= 0.3 is 5.97 Å². The van der Waals surface area contributed by atoms with Gasteiger partial charge in [0.25, 0.3) is 0 Å². The Labute approximate surface area is 173 Å². The Morgan fingerprint density at radius 1 is 1.31 bits per heavy atom. The molecule has 0 aliphatic heterocycles. The summed E-state index contributed by atoms with van der Waals surface area (Å²) in [6, 6.07) is 3.09. The first kappa shape index (κ1) is 21.3. The predicted octanol–water partition coefficient (Wildman–Crippen LogP) is 1.37. The van der Waals surface area contributed by atoms with Gasteiger partial charge in [0.2, 0.25) is 0 Å². The number of likely N-dealkylation sites (N-methyl/N-ethyl adjacent to an activating group) is 1. The summed E-state index contributed by atoms with van der Waals surface area (Å²) in [7, 11) is 5.60. The zero-order valence-corrected chi connectivity index (χ0v) is 17.5. The number of esters is 1. The molecule has 1 aromatic carbocycles. The molecular weight excluding hydrogens is 400 g/mol. The number of hydrogen-bond donors (Lipinski definition) is 0. The highest BCUT2D eigenvalue weighted by molar-refractivity contribution is 6.35. The third-order valence-corrected chi connectivity index (χ3v) is 4.99. The van der Waals surface area contributed by atoms with Gasteiger partial charge in [0.05, 0.1) is 32.1 Å². The molecule has 1 heterocycles. The average Bonchev–Trinajstić information content (AvgIpc) is 3.27. The number of quaternary nitrogens is 1. The van der Waals surface area contributed by atoms with E-state index in [0.29, 0.717) is 45.0 Å². The van der Waals surface area contributed by atoms with Crippen molar-refractivity contribution in [3.8, 4) is 0 Å². The molecule has 0 radical (unpaired) electrons. The Balaban J connectivity index is 1.68. The van der Waals surface area contributed by atoms with Gasteiger partial charge in [-0.05, 0) is 18.6 Å². The topological polar surface area (TPSA) is 110 Å². The highest BCUT2D eigenvalue weighted by Crippen LogP contribution is 2.43. The Morgan fingerprint density at radius 3 is 2.62 bits per heavy atom. The van der Waals surface area contributed by atoms with E-state index in [-0.39, 0.29) is 12.2 Å². The molecule has 156 valence electrons. The molecule has 3 rings (SSSR count). The fourth-order valence-electron chi connectivity index (χ4n) is 3.39. The number of halogens is 1. The second-order valence-electron chi connectivity index (χ2n) is 8.46. The van der Waals surface area contributed by atoms with Crippen LogP contribution in [0.1, 0.15) is 29.1 Å². The van der Waals surface area contributed by atoms with Gasteiger partial charge in [0.15, 0.2) is 23.4 Å². The number of benzene rings is 1. The molecule has 1 fully saturated rings. The van der Waals surface area contributed by atoms with Gasteiger partial charge in [0.1, 0.15) is 12.1 Å². The van der Waals surface area contributed by atoms with Crippen molar-refractivity contribution >= 4 is 40.4 Å². The van der Waals surface area contributed by atoms with Crippen LogP contribution in [0.2, 0.25) is 5.02 Å². The Bertz CT molecular complexity index is 977. The average molecular weight is 423 g/mol. The van der Waals surface area contributed by atoms with E-state index in [9.17, 15) is 19.5 Å². The molecule has 1 aliphatic carbocycles. The van der Waals surface area contributed by atoms with Gasteiger partial charge in [0, 0.05) is 30.8 Å². The van der Waals surface area contributed by atoms with E-state index < -0.39 is 29.9 Å². The first-order valence-electron chi connectivity index (χ1n) is 9.26. The van der Waals surface area contributed by atoms with Crippen molar-refractivity contribution in [3.63, 3.8) is 0 Å². The minimum absolute atomic E-state index is 0.229. The number of aromatic nitrogens is 1. The van der Waals surface area contributed by atoms with Crippen LogP contribution in [0.25, 0.3) is 11.1 Å². The largest absolute Gasteiger partial charge is 0.550 e. The number of carbonyl (C=O) groups is 3. The lowest BCUT2D eigenvalue weighted by Crippen LogP contribution is -2.45. The number of fused-ring (bicyclic) bond motifs is 1. The third kappa shape index (κ3) is 5.13. The van der Waals surface area contributed by atoms with E-state index >= 15 is 0 Å². The second-order valence-corrected chi connectivity index (χ2v) is 8.87. The zero-order valence-electron chi connectivity index (χ0n) is 16.7. The Hall–Kier alpha value is -2.45. The van der Waals surface area contributed by atoms with Crippen molar-refractivity contribution in [2.45, 2.75) is 25.9 Å². The number of ether oxygens (including phenoxy) is 1. The normalized spacial score (nSPS) is 19.8. The number of aliphatic carboxylic acids is 1. The number of carboxylic acid groups (broad SMARTS) is 1. The molecule has 0 saturated heterocycles. The van der Waals surface area contributed by atoms with Crippen LogP contribution < -0.4 is 5.11 Å². The number of carboxylic acids is 1. The lowest BCUT2D eigenvalue weighted by Gasteiger charge is -2.29. The molecule has 1 aromatic heterocycles. The highest BCUT2D eigenvalue weighted by atomic mass is 35.5. The summed E-state index contributed by atoms with van der Waals surface area (Å²) in [5.74, 6) is -2.75. The zero-order chi connectivity index (χ0) is 21.5. The number of rotatable bonds is 8. The number of ketones is 1. The van der Waals surface area contributed by atoms with Crippen LogP contribution in [-0.2, 0) is 14.3 Å². The number of aryl methyl sites for hydroxylation is 1. The molecule has 8 nitrogen and oxygen atoms in total. The van der Waals surface area contributed by atoms with Crippen molar-refractivity contribution in [2.24, 2.45) is 11.8 Å². The summed E-state index contributed by atoms with van der Waals surface area (Å²) in [6.45, 7) is 2.01. The van der Waals surface area contributed by atoms with Crippen molar-refractivity contribution in [3.05, 3.63) is 28.6 Å². The molecule has 2 aromatic rings. The van der Waals surface area contributed by atoms with Crippen LogP contribution in [0.3, 0.4) is 0 Å². The molecule has 29 heavy (non-hydrogen) atoms. The van der Waals surface area contributed by atoms with E-state index in [1.807, 2.05) is 21.1 Å². The summed E-state index contributed by atoms with van der Waals surface area (Å²) in [6.07, 6.45) is -0.846. The number of hydrogen-bond acceptors (Lipinski definition) is 7. The quantitative estimate of drug-likeness (QED) is 0.359. The van der Waals surface area contributed by atoms with E-state index in [1.54, 1.807) is 13.0 Å². The predicted molar refractivity (Wildman–Crippen MR) is 102 cm³/mol. The van der Waals surface area contributed by atoms with Crippen molar-refractivity contribution in [1.82, 2.24) is 4.98 Å². The molecule has 1 aliphatic rings. The number of carbonyl (C=O) groups excluding carboxylic acids is 3. The molecule has 3 atom stereocenters. The number of nitrogens with zero attached hydrogens (tertiary/aromatic N) is 2. The highest BCUT2D eigenvalue weighted by Gasteiger charge is 2.50. The van der Waals surface area contributed by atoms with Crippen molar-refractivity contribution in [1.29, 1.82) is 0 Å². The van der Waals surface area contributed by atoms with E-state index in [2.05, 4.69) is 4.98 Å². The summed E-state index contributed by atoms with van der Waals surface area (Å²) in [4.78, 5) is 40.4. The van der Waals surface area contributed by atoms with Crippen molar-refractivity contribution in [2.75, 3.05) is 27.7 Å². The maximum absolute atomic E-state index is 12.8. The molecule has 0 amide bonds. The molecular formula is C20H23ClN2O6. The minimum atomic E-state index is -1.29. The lowest BCUT2D eigenvalue weighted by atomic mass is 10.1. The monoisotopic (exact) mass is 422 g/mol. The Kier molecular flexibility index (Phi) is 5.69. The second kappa shape index (κ2) is 7.76. The SMILES string of the molecule is Cc1nc2c(Cl)cc(C(=O)[C@H]3C[C@@H]3C(=O)OC(CC(=O)[O-])C[N+](C)(C)C)cc2o1.